The van der Waals surface area contributed by atoms with E-state index in [1.807, 2.05) is 0 Å². The summed E-state index contributed by atoms with van der Waals surface area (Å²) in [6.07, 6.45) is 0. The minimum Gasteiger partial charge on any atom is -0.495 e. The zero-order chi connectivity index (χ0) is 20.8. The van der Waals surface area contributed by atoms with Crippen LogP contribution in [0.15, 0.2) is 66.7 Å². The van der Waals surface area contributed by atoms with Gasteiger partial charge in [-0.05, 0) is 78.9 Å². The van der Waals surface area contributed by atoms with Gasteiger partial charge in [-0.15, -0.1) is 0 Å². The molecule has 0 aliphatic rings. The highest BCUT2D eigenvalue weighted by atomic mass is 35.5. The summed E-state index contributed by atoms with van der Waals surface area (Å²) in [4.78, 5) is 12.3. The second-order valence-corrected chi connectivity index (χ2v) is 7.09. The van der Waals surface area contributed by atoms with Crippen LogP contribution in [0, 0.1) is 0 Å². The van der Waals surface area contributed by atoms with Gasteiger partial charge in [-0.2, -0.15) is 0 Å². The van der Waals surface area contributed by atoms with Gasteiger partial charge in [0.05, 0.1) is 12.1 Å². The predicted molar refractivity (Wildman–Crippen MR) is 120 cm³/mol. The summed E-state index contributed by atoms with van der Waals surface area (Å²) in [5, 5.41) is 6.70. The van der Waals surface area contributed by atoms with E-state index in [2.05, 4.69) is 10.6 Å². The van der Waals surface area contributed by atoms with Crippen molar-refractivity contribution in [2.45, 2.75) is 0 Å². The smallest absolute Gasteiger partial charge is 0.257 e. The van der Waals surface area contributed by atoms with Crippen molar-refractivity contribution < 1.29 is 14.3 Å². The topological polar surface area (TPSA) is 59.6 Å². The van der Waals surface area contributed by atoms with Crippen molar-refractivity contribution in [3.8, 4) is 17.2 Å². The highest BCUT2D eigenvalue weighted by molar-refractivity contribution is 7.80. The number of amides is 1. The quantitative estimate of drug-likeness (QED) is 0.476. The molecule has 0 aliphatic heterocycles. The molecule has 29 heavy (non-hydrogen) atoms. The van der Waals surface area contributed by atoms with Crippen LogP contribution in [0.1, 0.15) is 10.4 Å². The van der Waals surface area contributed by atoms with Crippen molar-refractivity contribution in [3.63, 3.8) is 0 Å². The lowest BCUT2D eigenvalue weighted by Gasteiger charge is -2.11. The largest absolute Gasteiger partial charge is 0.495 e. The fraction of sp³-hybridized carbons (Fsp3) is 0.0476. The minimum atomic E-state index is -0.380. The summed E-state index contributed by atoms with van der Waals surface area (Å²) in [6, 6.07) is 18.9. The Bertz CT molecular complexity index is 1030. The van der Waals surface area contributed by atoms with Gasteiger partial charge < -0.3 is 14.8 Å². The SMILES string of the molecule is COc1ccc(C(=O)NC(=S)Nc2ccc(Oc3ccc(Cl)cc3)cc2)cc1Cl. The number of ether oxygens (including phenoxy) is 2. The summed E-state index contributed by atoms with van der Waals surface area (Å²) in [5.41, 5.74) is 1.07. The van der Waals surface area contributed by atoms with Crippen LogP contribution in [0.4, 0.5) is 5.69 Å². The second-order valence-electron chi connectivity index (χ2n) is 5.84. The molecule has 0 saturated carbocycles. The van der Waals surface area contributed by atoms with Crippen LogP contribution in [0.25, 0.3) is 0 Å². The van der Waals surface area contributed by atoms with Crippen LogP contribution in [0.2, 0.25) is 10.0 Å². The molecule has 5 nitrogen and oxygen atoms in total. The minimum absolute atomic E-state index is 0.160. The average molecular weight is 447 g/mol. The Hall–Kier alpha value is -2.80. The second kappa shape index (κ2) is 9.60. The summed E-state index contributed by atoms with van der Waals surface area (Å²) in [6.45, 7) is 0. The molecule has 0 aliphatic carbocycles. The third-order valence-electron chi connectivity index (χ3n) is 3.80. The lowest BCUT2D eigenvalue weighted by Crippen LogP contribution is -2.34. The van der Waals surface area contributed by atoms with Crippen molar-refractivity contribution in [1.82, 2.24) is 5.32 Å². The zero-order valence-electron chi connectivity index (χ0n) is 15.2. The molecule has 3 rings (SSSR count). The third kappa shape index (κ3) is 5.84. The lowest BCUT2D eigenvalue weighted by atomic mass is 10.2. The van der Waals surface area contributed by atoms with Gasteiger partial charge in [0.1, 0.15) is 17.2 Å². The van der Waals surface area contributed by atoms with Crippen molar-refractivity contribution >= 4 is 52.1 Å². The molecule has 0 saturated heterocycles. The average Bonchev–Trinajstić information content (AvgIpc) is 2.71. The van der Waals surface area contributed by atoms with Crippen molar-refractivity contribution in [2.75, 3.05) is 12.4 Å². The molecular weight excluding hydrogens is 431 g/mol. The Morgan fingerprint density at radius 3 is 2.14 bits per heavy atom. The fourth-order valence-electron chi connectivity index (χ4n) is 2.39. The van der Waals surface area contributed by atoms with Gasteiger partial charge in [-0.1, -0.05) is 23.2 Å². The van der Waals surface area contributed by atoms with Crippen LogP contribution in [0.5, 0.6) is 17.2 Å². The molecule has 3 aromatic rings. The monoisotopic (exact) mass is 446 g/mol. The Labute approximate surface area is 183 Å². The number of thiocarbonyl (C=S) groups is 1. The van der Waals surface area contributed by atoms with Crippen LogP contribution in [-0.2, 0) is 0 Å². The molecular formula is C21H16Cl2N2O3S. The molecule has 2 N–H and O–H groups in total. The number of benzene rings is 3. The molecule has 0 radical (unpaired) electrons. The molecule has 1 amide bonds. The van der Waals surface area contributed by atoms with Crippen molar-refractivity contribution in [3.05, 3.63) is 82.3 Å². The predicted octanol–water partition coefficient (Wildman–Crippen LogP) is 5.92. The molecule has 3 aromatic carbocycles. The van der Waals surface area contributed by atoms with E-state index in [4.69, 9.17) is 44.9 Å². The normalized spacial score (nSPS) is 10.2. The lowest BCUT2D eigenvalue weighted by molar-refractivity contribution is 0.0977. The number of methoxy groups -OCH3 is 1. The number of halogens is 2. The van der Waals surface area contributed by atoms with Crippen LogP contribution in [0.3, 0.4) is 0 Å². The van der Waals surface area contributed by atoms with E-state index >= 15 is 0 Å². The first kappa shape index (κ1) is 20.9. The molecule has 0 heterocycles. The van der Waals surface area contributed by atoms with Crippen LogP contribution in [-0.4, -0.2) is 18.1 Å². The Morgan fingerprint density at radius 2 is 1.55 bits per heavy atom. The molecule has 0 bridgehead atoms. The molecule has 0 unspecified atom stereocenters. The highest BCUT2D eigenvalue weighted by Crippen LogP contribution is 2.25. The maximum Gasteiger partial charge on any atom is 0.257 e. The zero-order valence-corrected chi connectivity index (χ0v) is 17.6. The number of hydrogen-bond donors (Lipinski definition) is 2. The van der Waals surface area contributed by atoms with Crippen LogP contribution >= 0.6 is 35.4 Å². The fourth-order valence-corrected chi connectivity index (χ4v) is 2.98. The Balaban J connectivity index is 1.56. The highest BCUT2D eigenvalue weighted by Gasteiger charge is 2.11. The van der Waals surface area contributed by atoms with Gasteiger partial charge in [-0.3, -0.25) is 10.1 Å². The van der Waals surface area contributed by atoms with E-state index in [0.29, 0.717) is 38.5 Å². The van der Waals surface area contributed by atoms with E-state index < -0.39 is 0 Å². The first-order valence-corrected chi connectivity index (χ1v) is 9.60. The van der Waals surface area contributed by atoms with E-state index in [1.54, 1.807) is 60.7 Å². The van der Waals surface area contributed by atoms with Gasteiger partial charge in [0.2, 0.25) is 0 Å². The van der Waals surface area contributed by atoms with E-state index in [0.717, 1.165) is 0 Å². The van der Waals surface area contributed by atoms with Crippen molar-refractivity contribution in [1.29, 1.82) is 0 Å². The van der Waals surface area contributed by atoms with E-state index in [-0.39, 0.29) is 11.0 Å². The third-order valence-corrected chi connectivity index (χ3v) is 4.55. The summed E-state index contributed by atoms with van der Waals surface area (Å²) < 4.78 is 10.8. The van der Waals surface area contributed by atoms with Gasteiger partial charge in [0, 0.05) is 16.3 Å². The molecule has 0 aromatic heterocycles. The maximum absolute atomic E-state index is 12.3. The molecule has 0 fully saturated rings. The molecule has 8 heteroatoms. The Morgan fingerprint density at radius 1 is 0.931 bits per heavy atom. The molecule has 148 valence electrons. The van der Waals surface area contributed by atoms with E-state index in [1.165, 1.54) is 13.2 Å². The van der Waals surface area contributed by atoms with Gasteiger partial charge in [-0.25, -0.2) is 0 Å². The van der Waals surface area contributed by atoms with Crippen molar-refractivity contribution in [2.24, 2.45) is 0 Å². The summed E-state index contributed by atoms with van der Waals surface area (Å²) in [5.74, 6) is 1.44. The number of nitrogens with one attached hydrogen (secondary N) is 2. The standard InChI is InChI=1S/C21H16Cl2N2O3S/c1-27-19-11-2-13(12-18(19)23)20(26)25-21(29)24-15-5-9-17(10-6-15)28-16-7-3-14(22)4-8-16/h2-12H,1H3,(H2,24,25,26,29). The van der Waals surface area contributed by atoms with E-state index in [9.17, 15) is 4.79 Å². The number of carbonyl (C=O) groups excluding carboxylic acids is 1. The Kier molecular flexibility index (Phi) is 6.93. The number of carbonyl (C=O) groups is 1. The summed E-state index contributed by atoms with van der Waals surface area (Å²) >= 11 is 17.1. The first-order valence-electron chi connectivity index (χ1n) is 8.44. The van der Waals surface area contributed by atoms with Gasteiger partial charge in [0.25, 0.3) is 5.91 Å². The first-order chi connectivity index (χ1) is 13.9. The molecule has 0 atom stereocenters. The number of anilines is 1. The number of hydrogen-bond acceptors (Lipinski definition) is 4. The number of rotatable bonds is 5. The van der Waals surface area contributed by atoms with Gasteiger partial charge in [0.15, 0.2) is 5.11 Å². The summed E-state index contributed by atoms with van der Waals surface area (Å²) in [7, 11) is 1.51. The maximum atomic E-state index is 12.3. The molecule has 0 spiro atoms. The van der Waals surface area contributed by atoms with Gasteiger partial charge >= 0.3 is 0 Å². The van der Waals surface area contributed by atoms with Crippen LogP contribution < -0.4 is 20.1 Å².